The van der Waals surface area contributed by atoms with Crippen molar-refractivity contribution in [3.63, 3.8) is 0 Å². The second-order valence-electron chi connectivity index (χ2n) is 3.94. The van der Waals surface area contributed by atoms with Crippen LogP contribution >= 0.6 is 15.9 Å². The van der Waals surface area contributed by atoms with Crippen molar-refractivity contribution in [1.82, 2.24) is 4.90 Å². The summed E-state index contributed by atoms with van der Waals surface area (Å²) < 4.78 is 19.7. The lowest BCUT2D eigenvalue weighted by Crippen LogP contribution is -2.27. The van der Waals surface area contributed by atoms with Crippen LogP contribution in [0.25, 0.3) is 0 Å². The molecular formula is C13H19BrFNO2. The van der Waals surface area contributed by atoms with Crippen molar-refractivity contribution in [2.24, 2.45) is 0 Å². The molecule has 0 saturated carbocycles. The first-order chi connectivity index (χ1) is 8.67. The number of aliphatic hydroxyl groups excluding tert-OH is 1. The molecule has 0 heterocycles. The van der Waals surface area contributed by atoms with E-state index in [4.69, 9.17) is 9.84 Å². The van der Waals surface area contributed by atoms with Gasteiger partial charge in [-0.25, -0.2) is 4.39 Å². The summed E-state index contributed by atoms with van der Waals surface area (Å²) in [6.45, 7) is 5.07. The van der Waals surface area contributed by atoms with E-state index in [-0.39, 0.29) is 12.4 Å². The van der Waals surface area contributed by atoms with Gasteiger partial charge in [0.15, 0.2) is 0 Å². The maximum absolute atomic E-state index is 13.6. The second-order valence-corrected chi connectivity index (χ2v) is 4.86. The summed E-state index contributed by atoms with van der Waals surface area (Å²) >= 11 is 3.34. The molecule has 1 aromatic rings. The van der Waals surface area contributed by atoms with Crippen LogP contribution in [0.15, 0.2) is 22.7 Å². The van der Waals surface area contributed by atoms with Gasteiger partial charge in [-0.05, 0) is 24.7 Å². The molecule has 0 aliphatic rings. The maximum atomic E-state index is 13.6. The van der Waals surface area contributed by atoms with Crippen molar-refractivity contribution in [3.05, 3.63) is 34.1 Å². The number of likely N-dealkylation sites (N-methyl/N-ethyl adjacent to an activating group) is 1. The Morgan fingerprint density at radius 3 is 2.83 bits per heavy atom. The van der Waals surface area contributed by atoms with Gasteiger partial charge in [0.1, 0.15) is 5.82 Å². The Morgan fingerprint density at radius 2 is 2.17 bits per heavy atom. The van der Waals surface area contributed by atoms with Gasteiger partial charge in [0.2, 0.25) is 0 Å². The van der Waals surface area contributed by atoms with Crippen LogP contribution in [0, 0.1) is 5.82 Å². The minimum atomic E-state index is -0.187. The summed E-state index contributed by atoms with van der Waals surface area (Å²) in [6, 6.07) is 4.96. The Morgan fingerprint density at radius 1 is 1.39 bits per heavy atom. The first-order valence-corrected chi connectivity index (χ1v) is 6.81. The van der Waals surface area contributed by atoms with Crippen molar-refractivity contribution < 1.29 is 14.2 Å². The Labute approximate surface area is 116 Å². The van der Waals surface area contributed by atoms with Gasteiger partial charge in [-0.1, -0.05) is 22.9 Å². The van der Waals surface area contributed by atoms with Crippen LogP contribution < -0.4 is 0 Å². The third kappa shape index (κ3) is 5.44. The predicted molar refractivity (Wildman–Crippen MR) is 73.0 cm³/mol. The normalized spacial score (nSPS) is 11.2. The summed E-state index contributed by atoms with van der Waals surface area (Å²) in [4.78, 5) is 2.10. The predicted octanol–water partition coefficient (Wildman–Crippen LogP) is 2.42. The molecule has 0 spiro atoms. The van der Waals surface area contributed by atoms with Gasteiger partial charge in [0.05, 0.1) is 19.8 Å². The van der Waals surface area contributed by atoms with Crippen LogP contribution in [0.4, 0.5) is 4.39 Å². The van der Waals surface area contributed by atoms with Gasteiger partial charge in [0.25, 0.3) is 0 Å². The number of halogens is 2. The van der Waals surface area contributed by atoms with E-state index in [2.05, 4.69) is 20.8 Å². The number of benzene rings is 1. The molecule has 0 unspecified atom stereocenters. The van der Waals surface area contributed by atoms with E-state index in [1.54, 1.807) is 12.1 Å². The Bertz CT molecular complexity index is 363. The zero-order chi connectivity index (χ0) is 13.4. The number of ether oxygens (including phenoxy) is 1. The fourth-order valence-electron chi connectivity index (χ4n) is 1.61. The average Bonchev–Trinajstić information content (AvgIpc) is 2.37. The molecule has 3 nitrogen and oxygen atoms in total. The topological polar surface area (TPSA) is 32.7 Å². The molecule has 102 valence electrons. The van der Waals surface area contributed by atoms with E-state index < -0.39 is 0 Å². The highest BCUT2D eigenvalue weighted by atomic mass is 79.9. The van der Waals surface area contributed by atoms with Gasteiger partial charge < -0.3 is 9.84 Å². The Balaban J connectivity index is 2.48. The number of hydrogen-bond donors (Lipinski definition) is 1. The molecule has 5 heteroatoms. The minimum Gasteiger partial charge on any atom is -0.394 e. The molecular weight excluding hydrogens is 301 g/mol. The van der Waals surface area contributed by atoms with E-state index in [1.807, 2.05) is 6.92 Å². The first-order valence-electron chi connectivity index (χ1n) is 6.02. The molecule has 0 saturated heterocycles. The molecule has 18 heavy (non-hydrogen) atoms. The van der Waals surface area contributed by atoms with Gasteiger partial charge >= 0.3 is 0 Å². The van der Waals surface area contributed by atoms with Crippen LogP contribution in [0.5, 0.6) is 0 Å². The quantitative estimate of drug-likeness (QED) is 0.747. The standard InChI is InChI=1S/C13H19BrFNO2/c1-2-16(5-7-18-8-6-17)10-11-9-12(14)3-4-13(11)15/h3-4,9,17H,2,5-8,10H2,1H3. The van der Waals surface area contributed by atoms with Crippen LogP contribution in [0.1, 0.15) is 12.5 Å². The van der Waals surface area contributed by atoms with E-state index >= 15 is 0 Å². The van der Waals surface area contributed by atoms with Gasteiger partial charge in [-0.2, -0.15) is 0 Å². The second kappa shape index (κ2) is 8.58. The van der Waals surface area contributed by atoms with Crippen molar-refractivity contribution >= 4 is 15.9 Å². The highest BCUT2D eigenvalue weighted by molar-refractivity contribution is 9.10. The smallest absolute Gasteiger partial charge is 0.127 e. The Hall–Kier alpha value is -0.490. The molecule has 1 N–H and O–H groups in total. The summed E-state index contributed by atoms with van der Waals surface area (Å²) in [6.07, 6.45) is 0. The number of aliphatic hydroxyl groups is 1. The summed E-state index contributed by atoms with van der Waals surface area (Å²) in [5.74, 6) is -0.187. The lowest BCUT2D eigenvalue weighted by atomic mass is 10.2. The molecule has 0 fully saturated rings. The number of hydrogen-bond acceptors (Lipinski definition) is 3. The molecule has 0 aliphatic heterocycles. The molecule has 0 bridgehead atoms. The average molecular weight is 320 g/mol. The van der Waals surface area contributed by atoms with Crippen LogP contribution in [0.3, 0.4) is 0 Å². The van der Waals surface area contributed by atoms with Crippen molar-refractivity contribution in [2.75, 3.05) is 32.9 Å². The molecule has 1 rings (SSSR count). The van der Waals surface area contributed by atoms with Crippen LogP contribution in [-0.4, -0.2) is 42.9 Å². The van der Waals surface area contributed by atoms with E-state index in [0.29, 0.717) is 25.3 Å². The summed E-state index contributed by atoms with van der Waals surface area (Å²) in [5.41, 5.74) is 0.674. The van der Waals surface area contributed by atoms with E-state index in [9.17, 15) is 4.39 Å². The SMILES string of the molecule is CCN(CCOCCO)Cc1cc(Br)ccc1F. The van der Waals surface area contributed by atoms with Crippen molar-refractivity contribution in [1.29, 1.82) is 0 Å². The van der Waals surface area contributed by atoms with Crippen molar-refractivity contribution in [3.8, 4) is 0 Å². The highest BCUT2D eigenvalue weighted by Crippen LogP contribution is 2.17. The van der Waals surface area contributed by atoms with Crippen molar-refractivity contribution in [2.45, 2.75) is 13.5 Å². The third-order valence-corrected chi connectivity index (χ3v) is 3.13. The largest absolute Gasteiger partial charge is 0.394 e. The number of nitrogens with zero attached hydrogens (tertiary/aromatic N) is 1. The first kappa shape index (κ1) is 15.6. The maximum Gasteiger partial charge on any atom is 0.127 e. The molecule has 1 aromatic carbocycles. The van der Waals surface area contributed by atoms with E-state index in [0.717, 1.165) is 17.6 Å². The highest BCUT2D eigenvalue weighted by Gasteiger charge is 2.08. The molecule has 0 atom stereocenters. The third-order valence-electron chi connectivity index (χ3n) is 2.64. The van der Waals surface area contributed by atoms with Crippen LogP contribution in [-0.2, 0) is 11.3 Å². The lowest BCUT2D eigenvalue weighted by molar-refractivity contribution is 0.0730. The van der Waals surface area contributed by atoms with Crippen LogP contribution in [0.2, 0.25) is 0 Å². The monoisotopic (exact) mass is 319 g/mol. The summed E-state index contributed by atoms with van der Waals surface area (Å²) in [7, 11) is 0. The molecule has 0 amide bonds. The van der Waals surface area contributed by atoms with Gasteiger partial charge in [0, 0.05) is 23.1 Å². The fourth-order valence-corrected chi connectivity index (χ4v) is 2.02. The zero-order valence-corrected chi connectivity index (χ0v) is 12.1. The Kier molecular flexibility index (Phi) is 7.42. The van der Waals surface area contributed by atoms with Gasteiger partial charge in [-0.3, -0.25) is 4.90 Å². The lowest BCUT2D eigenvalue weighted by Gasteiger charge is -2.20. The fraction of sp³-hybridized carbons (Fsp3) is 0.538. The minimum absolute atomic E-state index is 0.0341. The molecule has 0 radical (unpaired) electrons. The summed E-state index contributed by atoms with van der Waals surface area (Å²) in [5, 5.41) is 8.60. The number of rotatable bonds is 8. The molecule has 0 aromatic heterocycles. The zero-order valence-electron chi connectivity index (χ0n) is 10.5. The van der Waals surface area contributed by atoms with E-state index in [1.165, 1.54) is 6.07 Å². The van der Waals surface area contributed by atoms with Gasteiger partial charge in [-0.15, -0.1) is 0 Å². The molecule has 0 aliphatic carbocycles.